The zero-order valence-electron chi connectivity index (χ0n) is 9.83. The highest BCUT2D eigenvalue weighted by molar-refractivity contribution is 5.78. The average Bonchev–Trinajstić information content (AvgIpc) is 2.18. The molecule has 2 atom stereocenters. The summed E-state index contributed by atoms with van der Waals surface area (Å²) < 4.78 is 0. The van der Waals surface area contributed by atoms with Gasteiger partial charge in [0.2, 0.25) is 5.91 Å². The molecule has 4 heteroatoms. The Morgan fingerprint density at radius 2 is 2.40 bits per heavy atom. The van der Waals surface area contributed by atoms with Crippen molar-refractivity contribution in [1.82, 2.24) is 10.2 Å². The Balaban J connectivity index is 2.30. The maximum atomic E-state index is 11.7. The maximum absolute atomic E-state index is 11.7. The molecule has 3 N–H and O–H groups in total. The summed E-state index contributed by atoms with van der Waals surface area (Å²) in [6, 6.07) is 0.330. The molecule has 88 valence electrons. The van der Waals surface area contributed by atoms with Crippen molar-refractivity contribution in [2.24, 2.45) is 11.7 Å². The second-order valence-electron chi connectivity index (χ2n) is 4.59. The van der Waals surface area contributed by atoms with Crippen molar-refractivity contribution >= 4 is 5.91 Å². The van der Waals surface area contributed by atoms with Crippen LogP contribution in [-0.2, 0) is 4.79 Å². The monoisotopic (exact) mass is 213 g/mol. The van der Waals surface area contributed by atoms with E-state index in [9.17, 15) is 4.79 Å². The van der Waals surface area contributed by atoms with Gasteiger partial charge in [-0.2, -0.15) is 0 Å². The van der Waals surface area contributed by atoms with Crippen LogP contribution in [0.1, 0.15) is 26.2 Å². The number of rotatable bonds is 4. The summed E-state index contributed by atoms with van der Waals surface area (Å²) in [5.41, 5.74) is 5.43. The summed E-state index contributed by atoms with van der Waals surface area (Å²) in [6.45, 7) is 4.64. The van der Waals surface area contributed by atoms with Gasteiger partial charge in [0.15, 0.2) is 0 Å². The SMILES string of the molecule is CC(CCN)C(=O)NC1CCCN(C)C1. The van der Waals surface area contributed by atoms with Crippen molar-refractivity contribution in [1.29, 1.82) is 0 Å². The highest BCUT2D eigenvalue weighted by Crippen LogP contribution is 2.09. The number of amides is 1. The van der Waals surface area contributed by atoms with Crippen LogP contribution in [0.15, 0.2) is 0 Å². The van der Waals surface area contributed by atoms with Gasteiger partial charge >= 0.3 is 0 Å². The lowest BCUT2D eigenvalue weighted by Gasteiger charge is -2.30. The fraction of sp³-hybridized carbons (Fsp3) is 0.909. The van der Waals surface area contributed by atoms with E-state index in [4.69, 9.17) is 5.73 Å². The van der Waals surface area contributed by atoms with E-state index in [-0.39, 0.29) is 11.8 Å². The number of hydrogen-bond donors (Lipinski definition) is 2. The van der Waals surface area contributed by atoms with Gasteiger partial charge in [-0.1, -0.05) is 6.92 Å². The summed E-state index contributed by atoms with van der Waals surface area (Å²) >= 11 is 0. The zero-order valence-corrected chi connectivity index (χ0v) is 9.83. The van der Waals surface area contributed by atoms with E-state index in [1.165, 1.54) is 6.42 Å². The molecule has 1 saturated heterocycles. The quantitative estimate of drug-likeness (QED) is 0.700. The predicted octanol–water partition coefficient (Wildman–Crippen LogP) is 0.182. The Hall–Kier alpha value is -0.610. The Labute approximate surface area is 92.2 Å². The molecule has 0 saturated carbocycles. The molecule has 0 aromatic rings. The zero-order chi connectivity index (χ0) is 11.3. The molecule has 0 aromatic heterocycles. The maximum Gasteiger partial charge on any atom is 0.223 e. The van der Waals surface area contributed by atoms with Crippen molar-refractivity contribution in [3.8, 4) is 0 Å². The Morgan fingerprint density at radius 1 is 1.67 bits per heavy atom. The highest BCUT2D eigenvalue weighted by Gasteiger charge is 2.21. The number of likely N-dealkylation sites (N-methyl/N-ethyl adjacent to an activating group) is 1. The molecule has 1 fully saturated rings. The number of carbonyl (C=O) groups excluding carboxylic acids is 1. The molecule has 1 aliphatic rings. The smallest absolute Gasteiger partial charge is 0.223 e. The van der Waals surface area contributed by atoms with Gasteiger partial charge in [-0.15, -0.1) is 0 Å². The van der Waals surface area contributed by atoms with Gasteiger partial charge < -0.3 is 16.0 Å². The molecule has 15 heavy (non-hydrogen) atoms. The predicted molar refractivity (Wildman–Crippen MR) is 61.5 cm³/mol. The van der Waals surface area contributed by atoms with E-state index in [2.05, 4.69) is 17.3 Å². The van der Waals surface area contributed by atoms with Gasteiger partial charge in [0.25, 0.3) is 0 Å². The molecule has 0 radical (unpaired) electrons. The van der Waals surface area contributed by atoms with E-state index in [1.54, 1.807) is 0 Å². The first-order valence-electron chi connectivity index (χ1n) is 5.82. The minimum absolute atomic E-state index is 0.0437. The number of nitrogens with two attached hydrogens (primary N) is 1. The summed E-state index contributed by atoms with van der Waals surface area (Å²) in [6.07, 6.45) is 3.05. The molecule has 0 bridgehead atoms. The van der Waals surface area contributed by atoms with Crippen molar-refractivity contribution in [2.45, 2.75) is 32.2 Å². The molecule has 2 unspecified atom stereocenters. The van der Waals surface area contributed by atoms with Crippen molar-refractivity contribution in [3.05, 3.63) is 0 Å². The number of nitrogens with zero attached hydrogens (tertiary/aromatic N) is 1. The van der Waals surface area contributed by atoms with E-state index in [1.807, 2.05) is 6.92 Å². The van der Waals surface area contributed by atoms with Gasteiger partial charge in [-0.05, 0) is 39.4 Å². The van der Waals surface area contributed by atoms with Crippen LogP contribution in [0, 0.1) is 5.92 Å². The summed E-state index contributed by atoms with van der Waals surface area (Å²) in [5, 5.41) is 3.10. The van der Waals surface area contributed by atoms with Crippen molar-refractivity contribution < 1.29 is 4.79 Å². The molecule has 1 amide bonds. The minimum atomic E-state index is 0.0437. The minimum Gasteiger partial charge on any atom is -0.352 e. The molecule has 0 spiro atoms. The topological polar surface area (TPSA) is 58.4 Å². The number of likely N-dealkylation sites (tertiary alicyclic amines) is 1. The van der Waals surface area contributed by atoms with Crippen LogP contribution in [0.3, 0.4) is 0 Å². The van der Waals surface area contributed by atoms with Crippen LogP contribution in [0.2, 0.25) is 0 Å². The van der Waals surface area contributed by atoms with Gasteiger partial charge in [0.05, 0.1) is 0 Å². The van der Waals surface area contributed by atoms with E-state index in [0.717, 1.165) is 25.9 Å². The molecule has 1 heterocycles. The third kappa shape index (κ3) is 4.18. The van der Waals surface area contributed by atoms with E-state index in [0.29, 0.717) is 12.6 Å². The normalized spacial score (nSPS) is 24.9. The summed E-state index contributed by atoms with van der Waals surface area (Å²) in [5.74, 6) is 0.197. The Bertz CT molecular complexity index is 208. The van der Waals surface area contributed by atoms with Crippen LogP contribution < -0.4 is 11.1 Å². The first kappa shape index (κ1) is 12.5. The Kier molecular flexibility index (Phi) is 5.05. The molecule has 1 rings (SSSR count). The third-order valence-corrected chi connectivity index (χ3v) is 3.02. The van der Waals surface area contributed by atoms with Crippen LogP contribution in [-0.4, -0.2) is 43.5 Å². The van der Waals surface area contributed by atoms with Crippen LogP contribution in [0.4, 0.5) is 0 Å². The van der Waals surface area contributed by atoms with Crippen LogP contribution >= 0.6 is 0 Å². The van der Waals surface area contributed by atoms with Gasteiger partial charge in [-0.25, -0.2) is 0 Å². The van der Waals surface area contributed by atoms with E-state index >= 15 is 0 Å². The number of hydrogen-bond acceptors (Lipinski definition) is 3. The second-order valence-corrected chi connectivity index (χ2v) is 4.59. The van der Waals surface area contributed by atoms with Crippen molar-refractivity contribution in [3.63, 3.8) is 0 Å². The van der Waals surface area contributed by atoms with Crippen LogP contribution in [0.5, 0.6) is 0 Å². The largest absolute Gasteiger partial charge is 0.352 e. The Morgan fingerprint density at radius 3 is 3.00 bits per heavy atom. The highest BCUT2D eigenvalue weighted by atomic mass is 16.1. The summed E-state index contributed by atoms with van der Waals surface area (Å²) in [7, 11) is 2.10. The fourth-order valence-corrected chi connectivity index (χ4v) is 2.01. The second kappa shape index (κ2) is 6.08. The van der Waals surface area contributed by atoms with Crippen LogP contribution in [0.25, 0.3) is 0 Å². The standard InChI is InChI=1S/C11H23N3O/c1-9(5-6-12)11(15)13-10-4-3-7-14(2)8-10/h9-10H,3-8,12H2,1-2H3,(H,13,15). The summed E-state index contributed by atoms with van der Waals surface area (Å²) in [4.78, 5) is 14.0. The first-order valence-corrected chi connectivity index (χ1v) is 5.82. The molecular formula is C11H23N3O. The average molecular weight is 213 g/mol. The van der Waals surface area contributed by atoms with Gasteiger partial charge in [0, 0.05) is 18.5 Å². The lowest BCUT2D eigenvalue weighted by molar-refractivity contribution is -0.125. The number of nitrogens with one attached hydrogen (secondary N) is 1. The van der Waals surface area contributed by atoms with Gasteiger partial charge in [0.1, 0.15) is 0 Å². The fourth-order valence-electron chi connectivity index (χ4n) is 2.01. The molecular weight excluding hydrogens is 190 g/mol. The van der Waals surface area contributed by atoms with Gasteiger partial charge in [-0.3, -0.25) is 4.79 Å². The first-order chi connectivity index (χ1) is 7.13. The molecule has 0 aromatic carbocycles. The third-order valence-electron chi connectivity index (χ3n) is 3.02. The van der Waals surface area contributed by atoms with E-state index < -0.39 is 0 Å². The molecule has 4 nitrogen and oxygen atoms in total. The molecule has 0 aliphatic carbocycles. The lowest BCUT2D eigenvalue weighted by Crippen LogP contribution is -2.47. The number of carbonyl (C=O) groups is 1. The van der Waals surface area contributed by atoms with Crippen molar-refractivity contribution in [2.75, 3.05) is 26.7 Å². The molecule has 1 aliphatic heterocycles. The lowest BCUT2D eigenvalue weighted by atomic mass is 10.0. The number of piperidine rings is 1.